The minimum atomic E-state index is -0.949. The average Bonchev–Trinajstić information content (AvgIpc) is 3.08. The van der Waals surface area contributed by atoms with Gasteiger partial charge in [0.1, 0.15) is 0 Å². The molecule has 0 aromatic rings. The van der Waals surface area contributed by atoms with Crippen LogP contribution in [0.25, 0.3) is 0 Å². The van der Waals surface area contributed by atoms with E-state index in [1.165, 1.54) is 6.92 Å². The van der Waals surface area contributed by atoms with Crippen LogP contribution >= 0.6 is 0 Å². The van der Waals surface area contributed by atoms with Crippen LogP contribution in [0.2, 0.25) is 0 Å². The molecular weight excluding hydrogens is 326 g/mol. The largest absolute Gasteiger partial charge is 0.481 e. The predicted octanol–water partition coefficient (Wildman–Crippen LogP) is 3.22. The summed E-state index contributed by atoms with van der Waals surface area (Å²) in [6.45, 7) is 1.78. The lowest BCUT2D eigenvalue weighted by molar-refractivity contribution is -0.169. The highest BCUT2D eigenvalue weighted by molar-refractivity contribution is 5.73. The van der Waals surface area contributed by atoms with Gasteiger partial charge in [-0.05, 0) is 31.1 Å². The molecule has 142 valence electrons. The molecule has 2 aliphatic rings. The van der Waals surface area contributed by atoms with E-state index in [2.05, 4.69) is 5.32 Å². The third kappa shape index (κ3) is 6.21. The molecule has 0 bridgehead atoms. The fourth-order valence-corrected chi connectivity index (χ4v) is 3.94. The summed E-state index contributed by atoms with van der Waals surface area (Å²) in [7, 11) is 0. The molecule has 0 aliphatic heterocycles. The molecule has 2 aliphatic carbocycles. The van der Waals surface area contributed by atoms with E-state index in [9.17, 15) is 14.4 Å². The maximum Gasteiger partial charge on any atom is 0.410 e. The van der Waals surface area contributed by atoms with Gasteiger partial charge in [0.2, 0.25) is 6.29 Å². The molecule has 0 heterocycles. The van der Waals surface area contributed by atoms with E-state index < -0.39 is 23.8 Å². The first-order valence-corrected chi connectivity index (χ1v) is 9.27. The molecule has 0 aromatic heterocycles. The SMILES string of the molecule is CC(OC(=O)NCC1(CC(=O)O)CCCCC1)OC(=O)C1CCCC1. The van der Waals surface area contributed by atoms with Gasteiger partial charge in [-0.25, -0.2) is 4.79 Å². The van der Waals surface area contributed by atoms with E-state index in [1.807, 2.05) is 0 Å². The number of alkyl carbamates (subject to hydrolysis) is 1. The van der Waals surface area contributed by atoms with Crippen molar-refractivity contribution in [3.63, 3.8) is 0 Å². The van der Waals surface area contributed by atoms with E-state index in [1.54, 1.807) is 0 Å². The monoisotopic (exact) mass is 355 g/mol. The van der Waals surface area contributed by atoms with E-state index >= 15 is 0 Å². The number of hydrogen-bond donors (Lipinski definition) is 2. The molecule has 0 radical (unpaired) electrons. The first-order valence-electron chi connectivity index (χ1n) is 9.27. The van der Waals surface area contributed by atoms with Gasteiger partial charge in [-0.1, -0.05) is 32.1 Å². The lowest BCUT2D eigenvalue weighted by atomic mass is 9.72. The Morgan fingerprint density at radius 1 is 1.08 bits per heavy atom. The van der Waals surface area contributed by atoms with Crippen LogP contribution in [0.3, 0.4) is 0 Å². The lowest BCUT2D eigenvalue weighted by Gasteiger charge is -2.36. The smallest absolute Gasteiger partial charge is 0.410 e. The fraction of sp³-hybridized carbons (Fsp3) is 0.833. The Bertz CT molecular complexity index is 480. The normalized spacial score (nSPS) is 21.3. The Kier molecular flexibility index (Phi) is 7.08. The lowest BCUT2D eigenvalue weighted by Crippen LogP contribution is -2.41. The number of rotatable bonds is 7. The molecule has 1 atom stereocenters. The minimum Gasteiger partial charge on any atom is -0.481 e. The van der Waals surface area contributed by atoms with E-state index in [0.29, 0.717) is 0 Å². The number of carbonyl (C=O) groups is 3. The molecule has 0 spiro atoms. The fourth-order valence-electron chi connectivity index (χ4n) is 3.94. The molecular formula is C18H29NO6. The number of hydrogen-bond acceptors (Lipinski definition) is 5. The molecule has 0 aromatic carbocycles. The summed E-state index contributed by atoms with van der Waals surface area (Å²) >= 11 is 0. The molecule has 2 saturated carbocycles. The molecule has 2 N–H and O–H groups in total. The highest BCUT2D eigenvalue weighted by atomic mass is 16.7. The van der Waals surface area contributed by atoms with Crippen LogP contribution in [0.4, 0.5) is 4.79 Å². The third-order valence-electron chi connectivity index (χ3n) is 5.29. The molecule has 7 nitrogen and oxygen atoms in total. The zero-order valence-corrected chi connectivity index (χ0v) is 14.9. The van der Waals surface area contributed by atoms with E-state index in [-0.39, 0.29) is 24.9 Å². The van der Waals surface area contributed by atoms with Gasteiger partial charge < -0.3 is 19.9 Å². The van der Waals surface area contributed by atoms with Crippen LogP contribution in [0.5, 0.6) is 0 Å². The first-order chi connectivity index (χ1) is 11.9. The number of esters is 1. The summed E-state index contributed by atoms with van der Waals surface area (Å²) in [5.41, 5.74) is -0.410. The standard InChI is InChI=1S/C18H29NO6/c1-13(24-16(22)14-7-3-4-8-14)25-17(23)19-12-18(11-15(20)21)9-5-2-6-10-18/h13-14H,2-12H2,1H3,(H,19,23)(H,20,21). The highest BCUT2D eigenvalue weighted by Gasteiger charge is 2.35. The van der Waals surface area contributed by atoms with Crippen molar-refractivity contribution >= 4 is 18.0 Å². The van der Waals surface area contributed by atoms with Gasteiger partial charge in [-0.2, -0.15) is 0 Å². The average molecular weight is 355 g/mol. The summed E-state index contributed by atoms with van der Waals surface area (Å²) in [4.78, 5) is 35.0. The Balaban J connectivity index is 1.76. The molecule has 25 heavy (non-hydrogen) atoms. The third-order valence-corrected chi connectivity index (χ3v) is 5.29. The van der Waals surface area contributed by atoms with Crippen molar-refractivity contribution in [1.82, 2.24) is 5.32 Å². The molecule has 1 unspecified atom stereocenters. The van der Waals surface area contributed by atoms with Crippen molar-refractivity contribution in [2.24, 2.45) is 11.3 Å². The van der Waals surface area contributed by atoms with Crippen LogP contribution in [0, 0.1) is 11.3 Å². The van der Waals surface area contributed by atoms with Gasteiger partial charge in [0.25, 0.3) is 0 Å². The van der Waals surface area contributed by atoms with Crippen molar-refractivity contribution < 1.29 is 29.0 Å². The second-order valence-corrected chi connectivity index (χ2v) is 7.38. The summed E-state index contributed by atoms with van der Waals surface area (Å²) in [5.74, 6) is -1.25. The summed E-state index contributed by atoms with van der Waals surface area (Å²) in [5, 5.41) is 11.8. The minimum absolute atomic E-state index is 0.0412. The van der Waals surface area contributed by atoms with E-state index in [0.717, 1.165) is 57.8 Å². The Morgan fingerprint density at radius 3 is 2.32 bits per heavy atom. The number of nitrogens with one attached hydrogen (secondary N) is 1. The van der Waals surface area contributed by atoms with Crippen molar-refractivity contribution in [1.29, 1.82) is 0 Å². The van der Waals surface area contributed by atoms with Gasteiger partial charge >= 0.3 is 18.0 Å². The van der Waals surface area contributed by atoms with Crippen LogP contribution in [0.1, 0.15) is 71.1 Å². The highest BCUT2D eigenvalue weighted by Crippen LogP contribution is 2.38. The number of ether oxygens (including phenoxy) is 2. The summed E-state index contributed by atoms with van der Waals surface area (Å²) < 4.78 is 10.3. The Hall–Kier alpha value is -1.79. The number of amides is 1. The molecule has 2 fully saturated rings. The zero-order chi connectivity index (χ0) is 18.3. The number of carbonyl (C=O) groups excluding carboxylic acids is 2. The van der Waals surface area contributed by atoms with Crippen LogP contribution in [-0.2, 0) is 19.1 Å². The molecule has 1 amide bonds. The van der Waals surface area contributed by atoms with Crippen LogP contribution < -0.4 is 5.32 Å². The van der Waals surface area contributed by atoms with Crippen LogP contribution in [-0.4, -0.2) is 36.0 Å². The first kappa shape index (κ1) is 19.5. The van der Waals surface area contributed by atoms with Crippen molar-refractivity contribution in [2.75, 3.05) is 6.54 Å². The van der Waals surface area contributed by atoms with Gasteiger partial charge in [-0.15, -0.1) is 0 Å². The Labute approximate surface area is 148 Å². The second-order valence-electron chi connectivity index (χ2n) is 7.38. The molecule has 7 heteroatoms. The summed E-state index contributed by atoms with van der Waals surface area (Å²) in [6.07, 6.45) is 6.74. The molecule has 2 rings (SSSR count). The predicted molar refractivity (Wildman–Crippen MR) is 89.8 cm³/mol. The van der Waals surface area contributed by atoms with Gasteiger partial charge in [0.15, 0.2) is 0 Å². The number of aliphatic carboxylic acids is 1. The number of carboxylic acids is 1. The van der Waals surface area contributed by atoms with Crippen molar-refractivity contribution in [3.05, 3.63) is 0 Å². The topological polar surface area (TPSA) is 102 Å². The quantitative estimate of drug-likeness (QED) is 0.537. The molecule has 0 saturated heterocycles. The maximum atomic E-state index is 12.0. The Morgan fingerprint density at radius 2 is 1.72 bits per heavy atom. The van der Waals surface area contributed by atoms with Gasteiger partial charge in [-0.3, -0.25) is 9.59 Å². The van der Waals surface area contributed by atoms with Crippen molar-refractivity contribution in [2.45, 2.75) is 77.4 Å². The van der Waals surface area contributed by atoms with Gasteiger partial charge in [0, 0.05) is 13.5 Å². The summed E-state index contributed by atoms with van der Waals surface area (Å²) in [6, 6.07) is 0. The van der Waals surface area contributed by atoms with E-state index in [4.69, 9.17) is 14.6 Å². The zero-order valence-electron chi connectivity index (χ0n) is 14.9. The second kappa shape index (κ2) is 9.06. The van der Waals surface area contributed by atoms with Crippen LogP contribution in [0.15, 0.2) is 0 Å². The van der Waals surface area contributed by atoms with Crippen molar-refractivity contribution in [3.8, 4) is 0 Å². The van der Waals surface area contributed by atoms with Gasteiger partial charge in [0.05, 0.1) is 12.3 Å². The maximum absolute atomic E-state index is 12.0. The number of carboxylic acid groups (broad SMARTS) is 1.